The molecule has 2 aliphatic rings. The number of nitrogens with zero attached hydrogens (tertiary/aromatic N) is 6. The van der Waals surface area contributed by atoms with Crippen molar-refractivity contribution in [3.63, 3.8) is 0 Å². The second-order valence-electron chi connectivity index (χ2n) is 7.36. The first-order valence-corrected chi connectivity index (χ1v) is 10.0. The summed E-state index contributed by atoms with van der Waals surface area (Å²) in [6.07, 6.45) is 3.49. The van der Waals surface area contributed by atoms with E-state index in [1.165, 1.54) is 0 Å². The first-order valence-electron chi connectivity index (χ1n) is 10.0. The highest BCUT2D eigenvalue weighted by atomic mass is 16.2. The topological polar surface area (TPSA) is 72.9 Å². The van der Waals surface area contributed by atoms with E-state index < -0.39 is 0 Å². The number of rotatable bonds is 3. The SMILES string of the molecule is CC(=O)N1CCN(c2cc(C(=O)N3CCN(c4ccccn4)CC3)ccn2)CC1. The molecule has 0 aliphatic carbocycles. The van der Waals surface area contributed by atoms with Gasteiger partial charge in [-0.2, -0.15) is 0 Å². The average Bonchev–Trinajstić information content (AvgIpc) is 2.79. The highest BCUT2D eigenvalue weighted by Gasteiger charge is 2.24. The van der Waals surface area contributed by atoms with Crippen LogP contribution in [0.2, 0.25) is 0 Å². The summed E-state index contributed by atoms with van der Waals surface area (Å²) in [5.41, 5.74) is 0.662. The standard InChI is InChI=1S/C21H26N6O2/c1-17(28)24-8-10-26(11-9-24)20-16-18(5-7-23-20)21(29)27-14-12-25(13-15-27)19-4-2-3-6-22-19/h2-7,16H,8-15H2,1H3. The molecular formula is C21H26N6O2. The van der Waals surface area contributed by atoms with Gasteiger partial charge in [-0.1, -0.05) is 6.07 Å². The third-order valence-corrected chi connectivity index (χ3v) is 5.58. The fourth-order valence-electron chi connectivity index (χ4n) is 3.84. The summed E-state index contributed by atoms with van der Waals surface area (Å²) in [5.74, 6) is 1.89. The Morgan fingerprint density at radius 3 is 2.00 bits per heavy atom. The van der Waals surface area contributed by atoms with Gasteiger partial charge in [-0.05, 0) is 24.3 Å². The maximum absolute atomic E-state index is 13.0. The van der Waals surface area contributed by atoms with Crippen molar-refractivity contribution in [3.8, 4) is 0 Å². The second-order valence-corrected chi connectivity index (χ2v) is 7.36. The Bertz CT molecular complexity index is 858. The molecule has 29 heavy (non-hydrogen) atoms. The van der Waals surface area contributed by atoms with Crippen molar-refractivity contribution in [1.29, 1.82) is 0 Å². The van der Waals surface area contributed by atoms with Gasteiger partial charge >= 0.3 is 0 Å². The molecule has 0 saturated carbocycles. The van der Waals surface area contributed by atoms with E-state index in [9.17, 15) is 9.59 Å². The molecule has 2 amide bonds. The summed E-state index contributed by atoms with van der Waals surface area (Å²) in [7, 11) is 0. The van der Waals surface area contributed by atoms with Crippen molar-refractivity contribution in [2.24, 2.45) is 0 Å². The Balaban J connectivity index is 1.37. The molecule has 2 aliphatic heterocycles. The lowest BCUT2D eigenvalue weighted by atomic mass is 10.2. The molecule has 0 bridgehead atoms. The molecule has 0 radical (unpaired) electrons. The van der Waals surface area contributed by atoms with E-state index in [1.807, 2.05) is 34.1 Å². The minimum atomic E-state index is 0.0386. The van der Waals surface area contributed by atoms with Crippen LogP contribution in [0.1, 0.15) is 17.3 Å². The summed E-state index contributed by atoms with van der Waals surface area (Å²) in [6.45, 7) is 7.31. The van der Waals surface area contributed by atoms with E-state index in [1.54, 1.807) is 25.4 Å². The lowest BCUT2D eigenvalue weighted by Gasteiger charge is -2.36. The van der Waals surface area contributed by atoms with Gasteiger partial charge in [0, 0.05) is 77.2 Å². The van der Waals surface area contributed by atoms with Gasteiger partial charge < -0.3 is 19.6 Å². The van der Waals surface area contributed by atoms with Crippen LogP contribution >= 0.6 is 0 Å². The molecule has 4 rings (SSSR count). The third kappa shape index (κ3) is 4.31. The summed E-state index contributed by atoms with van der Waals surface area (Å²) in [6, 6.07) is 9.54. The van der Waals surface area contributed by atoms with E-state index in [0.717, 1.165) is 37.8 Å². The Hall–Kier alpha value is -3.16. The zero-order valence-corrected chi connectivity index (χ0v) is 16.7. The van der Waals surface area contributed by atoms with Crippen molar-refractivity contribution < 1.29 is 9.59 Å². The lowest BCUT2D eigenvalue weighted by molar-refractivity contribution is -0.129. The van der Waals surface area contributed by atoms with E-state index in [2.05, 4.69) is 19.8 Å². The van der Waals surface area contributed by atoms with Gasteiger partial charge in [0.25, 0.3) is 5.91 Å². The van der Waals surface area contributed by atoms with Gasteiger partial charge in [0.1, 0.15) is 11.6 Å². The van der Waals surface area contributed by atoms with Gasteiger partial charge in [0.15, 0.2) is 0 Å². The normalized spacial score (nSPS) is 17.4. The lowest BCUT2D eigenvalue weighted by Crippen LogP contribution is -2.49. The van der Waals surface area contributed by atoms with Crippen LogP contribution in [0.4, 0.5) is 11.6 Å². The van der Waals surface area contributed by atoms with Crippen molar-refractivity contribution in [2.45, 2.75) is 6.92 Å². The summed E-state index contributed by atoms with van der Waals surface area (Å²) in [5, 5.41) is 0. The van der Waals surface area contributed by atoms with Crippen LogP contribution in [-0.2, 0) is 4.79 Å². The van der Waals surface area contributed by atoms with Crippen LogP contribution in [-0.4, -0.2) is 83.9 Å². The molecule has 0 aromatic carbocycles. The van der Waals surface area contributed by atoms with Crippen molar-refractivity contribution >= 4 is 23.5 Å². The number of carbonyl (C=O) groups excluding carboxylic acids is 2. The quantitative estimate of drug-likeness (QED) is 0.777. The van der Waals surface area contributed by atoms with Crippen LogP contribution in [0.25, 0.3) is 0 Å². The fraction of sp³-hybridized carbons (Fsp3) is 0.429. The van der Waals surface area contributed by atoms with Gasteiger partial charge in [0.2, 0.25) is 5.91 Å². The number of carbonyl (C=O) groups is 2. The van der Waals surface area contributed by atoms with E-state index in [0.29, 0.717) is 31.7 Å². The monoisotopic (exact) mass is 394 g/mol. The number of amides is 2. The van der Waals surface area contributed by atoms with Crippen molar-refractivity contribution in [3.05, 3.63) is 48.3 Å². The fourth-order valence-corrected chi connectivity index (χ4v) is 3.84. The molecule has 0 spiro atoms. The number of piperazine rings is 2. The van der Waals surface area contributed by atoms with Crippen LogP contribution in [0.3, 0.4) is 0 Å². The highest BCUT2D eigenvalue weighted by Crippen LogP contribution is 2.18. The van der Waals surface area contributed by atoms with Gasteiger partial charge in [-0.15, -0.1) is 0 Å². The third-order valence-electron chi connectivity index (χ3n) is 5.58. The number of aromatic nitrogens is 2. The summed E-state index contributed by atoms with van der Waals surface area (Å²) < 4.78 is 0. The molecule has 0 unspecified atom stereocenters. The zero-order valence-electron chi connectivity index (χ0n) is 16.7. The molecule has 2 aromatic rings. The van der Waals surface area contributed by atoms with Crippen LogP contribution in [0.15, 0.2) is 42.7 Å². The molecule has 8 nitrogen and oxygen atoms in total. The largest absolute Gasteiger partial charge is 0.353 e. The highest BCUT2D eigenvalue weighted by molar-refractivity contribution is 5.95. The Labute approximate surface area is 170 Å². The molecule has 4 heterocycles. The van der Waals surface area contributed by atoms with Gasteiger partial charge in [-0.3, -0.25) is 9.59 Å². The predicted molar refractivity (Wildman–Crippen MR) is 111 cm³/mol. The minimum Gasteiger partial charge on any atom is -0.353 e. The van der Waals surface area contributed by atoms with E-state index in [-0.39, 0.29) is 11.8 Å². The Morgan fingerprint density at radius 1 is 0.759 bits per heavy atom. The number of hydrogen-bond donors (Lipinski definition) is 0. The molecular weight excluding hydrogens is 368 g/mol. The summed E-state index contributed by atoms with van der Waals surface area (Å²) >= 11 is 0. The first kappa shape index (κ1) is 19.2. The zero-order chi connectivity index (χ0) is 20.2. The second kappa shape index (κ2) is 8.46. The minimum absolute atomic E-state index is 0.0386. The number of pyridine rings is 2. The molecule has 2 saturated heterocycles. The molecule has 0 atom stereocenters. The number of anilines is 2. The van der Waals surface area contributed by atoms with E-state index in [4.69, 9.17) is 0 Å². The van der Waals surface area contributed by atoms with Crippen LogP contribution in [0.5, 0.6) is 0 Å². The Kier molecular flexibility index (Phi) is 5.59. The molecule has 2 fully saturated rings. The van der Waals surface area contributed by atoms with Crippen molar-refractivity contribution in [2.75, 3.05) is 62.2 Å². The molecule has 0 N–H and O–H groups in total. The maximum Gasteiger partial charge on any atom is 0.254 e. The van der Waals surface area contributed by atoms with E-state index >= 15 is 0 Å². The summed E-state index contributed by atoms with van der Waals surface area (Å²) in [4.78, 5) is 41.4. The molecule has 2 aromatic heterocycles. The van der Waals surface area contributed by atoms with Crippen molar-refractivity contribution in [1.82, 2.24) is 19.8 Å². The maximum atomic E-state index is 13.0. The van der Waals surface area contributed by atoms with Gasteiger partial charge in [-0.25, -0.2) is 9.97 Å². The average molecular weight is 394 g/mol. The van der Waals surface area contributed by atoms with Crippen LogP contribution in [0, 0.1) is 0 Å². The van der Waals surface area contributed by atoms with Gasteiger partial charge in [0.05, 0.1) is 0 Å². The van der Waals surface area contributed by atoms with Crippen LogP contribution < -0.4 is 9.80 Å². The molecule has 8 heteroatoms. The first-order chi connectivity index (χ1) is 14.1. The predicted octanol–water partition coefficient (Wildman–Crippen LogP) is 1.11. The smallest absolute Gasteiger partial charge is 0.254 e. The number of hydrogen-bond acceptors (Lipinski definition) is 6. The molecule has 152 valence electrons. The Morgan fingerprint density at radius 2 is 1.38 bits per heavy atom.